The van der Waals surface area contributed by atoms with Gasteiger partial charge in [-0.05, 0) is 59.5 Å². The molecule has 0 aromatic carbocycles. The van der Waals surface area contributed by atoms with Crippen molar-refractivity contribution in [1.82, 2.24) is 0 Å². The first-order valence-electron chi connectivity index (χ1n) is 5.62. The summed E-state index contributed by atoms with van der Waals surface area (Å²) in [5, 5.41) is 0. The summed E-state index contributed by atoms with van der Waals surface area (Å²) < 4.78 is 11.7. The van der Waals surface area contributed by atoms with Gasteiger partial charge < -0.3 is 9.31 Å². The molecule has 0 amide bonds. The van der Waals surface area contributed by atoms with Crippen LogP contribution in [0.1, 0.15) is 48.5 Å². The smallest absolute Gasteiger partial charge is 0.400 e. The maximum absolute atomic E-state index is 11.3. The molecule has 0 aromatic heterocycles. The van der Waals surface area contributed by atoms with E-state index in [0.717, 1.165) is 11.0 Å². The van der Waals surface area contributed by atoms with Crippen LogP contribution in [0.4, 0.5) is 0 Å². The van der Waals surface area contributed by atoms with Gasteiger partial charge in [0.15, 0.2) is 5.78 Å². The molecule has 0 bridgehead atoms. The maximum Gasteiger partial charge on any atom is 0.490 e. The zero-order valence-electron chi connectivity index (χ0n) is 11.3. The molecule has 1 rings (SSSR count). The zero-order valence-corrected chi connectivity index (χ0v) is 11.3. The fourth-order valence-electron chi connectivity index (χ4n) is 1.47. The Morgan fingerprint density at radius 2 is 1.31 bits per heavy atom. The van der Waals surface area contributed by atoms with Crippen LogP contribution in [0.2, 0.25) is 0 Å². The zero-order chi connectivity index (χ0) is 12.7. The van der Waals surface area contributed by atoms with Crippen molar-refractivity contribution in [3.05, 3.63) is 11.0 Å². The standard InChI is InChI=1S/C12H21BO3/c1-8(10(3)14)9(2)13-15-11(4,5)12(6,7)16-13/h1-7H3/b9-8+. The second kappa shape index (κ2) is 4.00. The lowest BCUT2D eigenvalue weighted by atomic mass is 9.76. The molecular weight excluding hydrogens is 203 g/mol. The Balaban J connectivity index is 2.97. The second-order valence-corrected chi connectivity index (χ2v) is 5.45. The van der Waals surface area contributed by atoms with Crippen LogP contribution in [-0.4, -0.2) is 24.1 Å². The molecule has 0 spiro atoms. The predicted molar refractivity (Wildman–Crippen MR) is 65.1 cm³/mol. The lowest BCUT2D eigenvalue weighted by Gasteiger charge is -2.32. The first-order valence-corrected chi connectivity index (χ1v) is 5.62. The lowest BCUT2D eigenvalue weighted by Crippen LogP contribution is -2.41. The van der Waals surface area contributed by atoms with Gasteiger partial charge in [0.1, 0.15) is 0 Å². The van der Waals surface area contributed by atoms with Gasteiger partial charge in [-0.3, -0.25) is 4.79 Å². The Morgan fingerprint density at radius 3 is 1.62 bits per heavy atom. The average molecular weight is 224 g/mol. The number of hydrogen-bond donors (Lipinski definition) is 0. The van der Waals surface area contributed by atoms with E-state index in [2.05, 4.69) is 0 Å². The molecule has 0 atom stereocenters. The molecule has 0 aromatic rings. The number of carbonyl (C=O) groups excluding carboxylic acids is 1. The first kappa shape index (κ1) is 13.5. The van der Waals surface area contributed by atoms with Crippen molar-refractivity contribution in [2.75, 3.05) is 0 Å². The highest BCUT2D eigenvalue weighted by Gasteiger charge is 2.51. The fourth-order valence-corrected chi connectivity index (χ4v) is 1.47. The van der Waals surface area contributed by atoms with Crippen LogP contribution in [0.5, 0.6) is 0 Å². The number of rotatable bonds is 2. The molecule has 90 valence electrons. The van der Waals surface area contributed by atoms with E-state index in [4.69, 9.17) is 9.31 Å². The largest absolute Gasteiger partial charge is 0.490 e. The van der Waals surface area contributed by atoms with E-state index < -0.39 is 7.12 Å². The fraction of sp³-hybridized carbons (Fsp3) is 0.750. The van der Waals surface area contributed by atoms with Crippen molar-refractivity contribution in [3.8, 4) is 0 Å². The van der Waals surface area contributed by atoms with Crippen molar-refractivity contribution in [3.63, 3.8) is 0 Å². The van der Waals surface area contributed by atoms with Crippen molar-refractivity contribution in [1.29, 1.82) is 0 Å². The third-order valence-corrected chi connectivity index (χ3v) is 3.73. The normalized spacial score (nSPS) is 24.3. The number of Topliss-reactive ketones (excluding diaryl/α,β-unsaturated/α-hetero) is 1. The summed E-state index contributed by atoms with van der Waals surface area (Å²) in [5.41, 5.74) is 0.885. The molecule has 1 heterocycles. The lowest BCUT2D eigenvalue weighted by molar-refractivity contribution is -0.113. The van der Waals surface area contributed by atoms with E-state index in [1.807, 2.05) is 41.5 Å². The van der Waals surface area contributed by atoms with Gasteiger partial charge in [0.05, 0.1) is 11.2 Å². The number of allylic oxidation sites excluding steroid dienone is 2. The summed E-state index contributed by atoms with van der Waals surface area (Å²) >= 11 is 0. The van der Waals surface area contributed by atoms with E-state index >= 15 is 0 Å². The van der Waals surface area contributed by atoms with E-state index in [-0.39, 0.29) is 17.0 Å². The summed E-state index contributed by atoms with van der Waals surface area (Å²) in [6.45, 7) is 13.3. The van der Waals surface area contributed by atoms with Crippen LogP contribution in [0.3, 0.4) is 0 Å². The third kappa shape index (κ3) is 2.23. The van der Waals surface area contributed by atoms with Crippen molar-refractivity contribution >= 4 is 12.9 Å². The summed E-state index contributed by atoms with van der Waals surface area (Å²) in [6.07, 6.45) is 0. The predicted octanol–water partition coefficient (Wildman–Crippen LogP) is 2.54. The van der Waals surface area contributed by atoms with Crippen LogP contribution in [0, 0.1) is 0 Å². The SMILES string of the molecule is CC(=O)/C(C)=C(\C)B1OC(C)(C)C(C)(C)O1. The summed E-state index contributed by atoms with van der Waals surface area (Å²) in [4.78, 5) is 11.3. The minimum absolute atomic E-state index is 0.0622. The van der Waals surface area contributed by atoms with E-state index in [1.54, 1.807) is 6.92 Å². The van der Waals surface area contributed by atoms with Crippen LogP contribution in [0.15, 0.2) is 11.0 Å². The van der Waals surface area contributed by atoms with Crippen LogP contribution >= 0.6 is 0 Å². The average Bonchev–Trinajstić information content (AvgIpc) is 2.33. The van der Waals surface area contributed by atoms with Crippen molar-refractivity contribution in [2.24, 2.45) is 0 Å². The van der Waals surface area contributed by atoms with Gasteiger partial charge in [-0.1, -0.05) is 0 Å². The molecule has 0 saturated carbocycles. The number of hydrogen-bond acceptors (Lipinski definition) is 3. The van der Waals surface area contributed by atoms with E-state index in [1.165, 1.54) is 0 Å². The van der Waals surface area contributed by atoms with Gasteiger partial charge in [-0.2, -0.15) is 0 Å². The molecule has 3 nitrogen and oxygen atoms in total. The minimum atomic E-state index is -0.408. The first-order chi connectivity index (χ1) is 7.08. The summed E-state index contributed by atoms with van der Waals surface area (Å²) in [7, 11) is -0.408. The Kier molecular flexibility index (Phi) is 3.37. The number of carbonyl (C=O) groups is 1. The molecule has 1 aliphatic heterocycles. The Morgan fingerprint density at radius 1 is 0.938 bits per heavy atom. The van der Waals surface area contributed by atoms with Gasteiger partial charge in [0.25, 0.3) is 0 Å². The van der Waals surface area contributed by atoms with Gasteiger partial charge in [0.2, 0.25) is 0 Å². The van der Waals surface area contributed by atoms with E-state index in [0.29, 0.717) is 0 Å². The third-order valence-electron chi connectivity index (χ3n) is 3.73. The Labute approximate surface area is 98.3 Å². The molecule has 0 aliphatic carbocycles. The molecule has 4 heteroatoms. The van der Waals surface area contributed by atoms with Crippen LogP contribution in [-0.2, 0) is 14.1 Å². The highest BCUT2D eigenvalue weighted by Crippen LogP contribution is 2.38. The van der Waals surface area contributed by atoms with Gasteiger partial charge in [-0.25, -0.2) is 0 Å². The number of ketones is 1. The van der Waals surface area contributed by atoms with Gasteiger partial charge >= 0.3 is 7.12 Å². The quantitative estimate of drug-likeness (QED) is 0.534. The maximum atomic E-state index is 11.3. The topological polar surface area (TPSA) is 35.5 Å². The highest BCUT2D eigenvalue weighted by atomic mass is 16.7. The molecular formula is C12H21BO3. The molecule has 0 N–H and O–H groups in total. The van der Waals surface area contributed by atoms with Crippen molar-refractivity contribution < 1.29 is 14.1 Å². The summed E-state index contributed by atoms with van der Waals surface area (Å²) in [5.74, 6) is 0.0622. The molecule has 0 radical (unpaired) electrons. The molecule has 1 saturated heterocycles. The second-order valence-electron chi connectivity index (χ2n) is 5.45. The molecule has 1 fully saturated rings. The molecule has 1 aliphatic rings. The molecule has 0 unspecified atom stereocenters. The highest BCUT2D eigenvalue weighted by molar-refractivity contribution is 6.55. The Hall–Kier alpha value is -0.605. The minimum Gasteiger partial charge on any atom is -0.400 e. The van der Waals surface area contributed by atoms with Gasteiger partial charge in [0, 0.05) is 0 Å². The van der Waals surface area contributed by atoms with Crippen molar-refractivity contribution in [2.45, 2.75) is 59.7 Å². The van der Waals surface area contributed by atoms with Crippen LogP contribution in [0.25, 0.3) is 0 Å². The van der Waals surface area contributed by atoms with E-state index in [9.17, 15) is 4.79 Å². The molecule has 16 heavy (non-hydrogen) atoms. The van der Waals surface area contributed by atoms with Crippen LogP contribution < -0.4 is 0 Å². The van der Waals surface area contributed by atoms with Gasteiger partial charge in [-0.15, -0.1) is 0 Å². The summed E-state index contributed by atoms with van der Waals surface area (Å²) in [6, 6.07) is 0. The Bertz CT molecular complexity index is 326. The monoisotopic (exact) mass is 224 g/mol.